The van der Waals surface area contributed by atoms with E-state index in [1.807, 2.05) is 13.8 Å². The molecule has 0 saturated heterocycles. The molecule has 1 aromatic rings. The van der Waals surface area contributed by atoms with E-state index >= 15 is 0 Å². The van der Waals surface area contributed by atoms with Crippen molar-refractivity contribution in [2.75, 3.05) is 23.9 Å². The smallest absolute Gasteiger partial charge is 0.257 e. The Bertz CT molecular complexity index is 568. The highest BCUT2D eigenvalue weighted by atomic mass is 32.2. The maximum Gasteiger partial charge on any atom is 0.257 e. The molecular formula is C13H21N3O3S. The van der Waals surface area contributed by atoms with Crippen molar-refractivity contribution < 1.29 is 13.2 Å². The van der Waals surface area contributed by atoms with Crippen LogP contribution >= 0.6 is 0 Å². The summed E-state index contributed by atoms with van der Waals surface area (Å²) in [7, 11) is -2.96. The van der Waals surface area contributed by atoms with Gasteiger partial charge >= 0.3 is 0 Å². The number of ether oxygens (including phenoxy) is 1. The standard InChI is InChI=1S/C13H21N3O3S/c1-10(2)19-12-11(14-6-7-15-12)16-8-13(4-5-13)9-20(3,17)18/h6-7,10H,4-5,8-9H2,1-3H3,(H,14,16). The van der Waals surface area contributed by atoms with E-state index in [0.29, 0.717) is 18.2 Å². The van der Waals surface area contributed by atoms with Crippen LogP contribution in [0.4, 0.5) is 5.82 Å². The molecule has 0 atom stereocenters. The first kappa shape index (κ1) is 15.0. The van der Waals surface area contributed by atoms with Gasteiger partial charge in [0.2, 0.25) is 0 Å². The van der Waals surface area contributed by atoms with E-state index in [-0.39, 0.29) is 17.3 Å². The van der Waals surface area contributed by atoms with Crippen LogP contribution in [0.2, 0.25) is 0 Å². The van der Waals surface area contributed by atoms with E-state index in [0.717, 1.165) is 12.8 Å². The topological polar surface area (TPSA) is 81.2 Å². The molecular weight excluding hydrogens is 278 g/mol. The maximum atomic E-state index is 11.4. The fourth-order valence-corrected chi connectivity index (χ4v) is 3.64. The molecule has 1 fully saturated rings. The lowest BCUT2D eigenvalue weighted by Gasteiger charge is -2.17. The quantitative estimate of drug-likeness (QED) is 0.821. The average molecular weight is 299 g/mol. The number of nitrogens with one attached hydrogen (secondary N) is 1. The predicted molar refractivity (Wildman–Crippen MR) is 77.7 cm³/mol. The highest BCUT2D eigenvalue weighted by Gasteiger charge is 2.45. The molecule has 0 aromatic carbocycles. The van der Waals surface area contributed by atoms with E-state index in [9.17, 15) is 8.42 Å². The highest BCUT2D eigenvalue weighted by molar-refractivity contribution is 7.90. The molecule has 0 aliphatic heterocycles. The molecule has 1 N–H and O–H groups in total. The van der Waals surface area contributed by atoms with E-state index in [1.165, 1.54) is 6.26 Å². The van der Waals surface area contributed by atoms with Crippen molar-refractivity contribution >= 4 is 15.7 Å². The molecule has 0 bridgehead atoms. The largest absolute Gasteiger partial charge is 0.472 e. The molecule has 20 heavy (non-hydrogen) atoms. The van der Waals surface area contributed by atoms with Gasteiger partial charge in [0.1, 0.15) is 9.84 Å². The Morgan fingerprint density at radius 3 is 2.55 bits per heavy atom. The Morgan fingerprint density at radius 2 is 2.00 bits per heavy atom. The average Bonchev–Trinajstić information content (AvgIpc) is 3.05. The van der Waals surface area contributed by atoms with Gasteiger partial charge in [0.25, 0.3) is 5.88 Å². The van der Waals surface area contributed by atoms with Gasteiger partial charge < -0.3 is 10.1 Å². The summed E-state index contributed by atoms with van der Waals surface area (Å²) in [6.45, 7) is 4.42. The zero-order chi connectivity index (χ0) is 14.8. The van der Waals surface area contributed by atoms with Gasteiger partial charge in [0.15, 0.2) is 5.82 Å². The molecule has 0 spiro atoms. The van der Waals surface area contributed by atoms with Gasteiger partial charge in [-0.1, -0.05) is 0 Å². The summed E-state index contributed by atoms with van der Waals surface area (Å²) in [4.78, 5) is 8.36. The summed E-state index contributed by atoms with van der Waals surface area (Å²) in [5.74, 6) is 1.24. The van der Waals surface area contributed by atoms with Crippen molar-refractivity contribution in [2.45, 2.75) is 32.8 Å². The molecule has 1 aromatic heterocycles. The van der Waals surface area contributed by atoms with Gasteiger partial charge in [-0.2, -0.15) is 0 Å². The Morgan fingerprint density at radius 1 is 1.35 bits per heavy atom. The first-order chi connectivity index (χ1) is 9.30. The number of rotatable bonds is 7. The van der Waals surface area contributed by atoms with Crippen molar-refractivity contribution in [3.05, 3.63) is 12.4 Å². The Balaban J connectivity index is 2.01. The molecule has 0 radical (unpaired) electrons. The van der Waals surface area contributed by atoms with Crippen LogP contribution in [0, 0.1) is 5.41 Å². The van der Waals surface area contributed by atoms with Crippen LogP contribution in [0.15, 0.2) is 12.4 Å². The number of sulfone groups is 1. The van der Waals surface area contributed by atoms with Gasteiger partial charge in [-0.05, 0) is 26.7 Å². The van der Waals surface area contributed by atoms with Crippen molar-refractivity contribution in [3.63, 3.8) is 0 Å². The third-order valence-electron chi connectivity index (χ3n) is 3.17. The first-order valence-electron chi connectivity index (χ1n) is 6.69. The molecule has 112 valence electrons. The van der Waals surface area contributed by atoms with Crippen molar-refractivity contribution in [1.29, 1.82) is 0 Å². The second kappa shape index (κ2) is 5.55. The van der Waals surface area contributed by atoms with Crippen LogP contribution < -0.4 is 10.1 Å². The number of nitrogens with zero attached hydrogens (tertiary/aromatic N) is 2. The normalized spacial score (nSPS) is 17.0. The molecule has 7 heteroatoms. The van der Waals surface area contributed by atoms with E-state index < -0.39 is 9.84 Å². The summed E-state index contributed by atoms with van der Waals surface area (Å²) < 4.78 is 28.4. The molecule has 6 nitrogen and oxygen atoms in total. The fraction of sp³-hybridized carbons (Fsp3) is 0.692. The third-order valence-corrected chi connectivity index (χ3v) is 4.31. The van der Waals surface area contributed by atoms with Crippen LogP contribution in [0.3, 0.4) is 0 Å². The molecule has 1 aliphatic carbocycles. The van der Waals surface area contributed by atoms with E-state index in [2.05, 4.69) is 15.3 Å². The SMILES string of the molecule is CC(C)Oc1nccnc1NCC1(CS(C)(=O)=O)CC1. The highest BCUT2D eigenvalue weighted by Crippen LogP contribution is 2.46. The second-order valence-electron chi connectivity index (χ2n) is 5.80. The monoisotopic (exact) mass is 299 g/mol. The summed E-state index contributed by atoms with van der Waals surface area (Å²) in [6, 6.07) is 0. The minimum atomic E-state index is -2.96. The third kappa shape index (κ3) is 4.33. The molecule has 1 aliphatic rings. The molecule has 1 saturated carbocycles. The zero-order valence-corrected chi connectivity index (χ0v) is 12.9. The van der Waals surface area contributed by atoms with Gasteiger partial charge in [-0.15, -0.1) is 0 Å². The Labute approximate surface area is 119 Å². The van der Waals surface area contributed by atoms with Crippen molar-refractivity contribution in [3.8, 4) is 5.88 Å². The van der Waals surface area contributed by atoms with Gasteiger partial charge in [0, 0.05) is 30.6 Å². The van der Waals surface area contributed by atoms with Crippen LogP contribution in [0.5, 0.6) is 5.88 Å². The first-order valence-corrected chi connectivity index (χ1v) is 8.75. The summed E-state index contributed by atoms with van der Waals surface area (Å²) in [5.41, 5.74) is -0.153. The summed E-state index contributed by atoms with van der Waals surface area (Å²) in [6.07, 6.45) is 6.31. The minimum absolute atomic E-state index is 0.0122. The number of hydrogen-bond acceptors (Lipinski definition) is 6. The number of aromatic nitrogens is 2. The summed E-state index contributed by atoms with van der Waals surface area (Å²) in [5, 5.41) is 3.18. The number of hydrogen-bond donors (Lipinski definition) is 1. The van der Waals surface area contributed by atoms with Crippen LogP contribution in [-0.4, -0.2) is 43.0 Å². The van der Waals surface area contributed by atoms with E-state index in [1.54, 1.807) is 12.4 Å². The lowest BCUT2D eigenvalue weighted by Crippen LogP contribution is -2.25. The molecule has 1 heterocycles. The second-order valence-corrected chi connectivity index (χ2v) is 7.94. The Hall–Kier alpha value is -1.37. The summed E-state index contributed by atoms with van der Waals surface area (Å²) >= 11 is 0. The predicted octanol–water partition coefficient (Wildman–Crippen LogP) is 1.50. The van der Waals surface area contributed by atoms with Crippen molar-refractivity contribution in [1.82, 2.24) is 9.97 Å². The van der Waals surface area contributed by atoms with Gasteiger partial charge in [-0.3, -0.25) is 0 Å². The zero-order valence-electron chi connectivity index (χ0n) is 12.1. The minimum Gasteiger partial charge on any atom is -0.472 e. The fourth-order valence-electron chi connectivity index (χ4n) is 2.13. The van der Waals surface area contributed by atoms with Crippen LogP contribution in [0.25, 0.3) is 0 Å². The molecule has 0 amide bonds. The van der Waals surface area contributed by atoms with Crippen LogP contribution in [-0.2, 0) is 9.84 Å². The maximum absolute atomic E-state index is 11.4. The van der Waals surface area contributed by atoms with Crippen molar-refractivity contribution in [2.24, 2.45) is 5.41 Å². The molecule has 0 unspecified atom stereocenters. The van der Waals surface area contributed by atoms with Gasteiger partial charge in [0.05, 0.1) is 11.9 Å². The van der Waals surface area contributed by atoms with Crippen LogP contribution in [0.1, 0.15) is 26.7 Å². The van der Waals surface area contributed by atoms with E-state index in [4.69, 9.17) is 4.74 Å². The lowest BCUT2D eigenvalue weighted by molar-refractivity contribution is 0.233. The van der Waals surface area contributed by atoms with Gasteiger partial charge in [-0.25, -0.2) is 18.4 Å². The molecule has 2 rings (SSSR count). The lowest BCUT2D eigenvalue weighted by atomic mass is 10.1. The number of anilines is 1. The Kier molecular flexibility index (Phi) is 4.17.